The second-order valence-corrected chi connectivity index (χ2v) is 6.32. The molecule has 9 nitrogen and oxygen atoms in total. The molecule has 0 spiro atoms. The Bertz CT molecular complexity index is 769. The minimum absolute atomic E-state index is 0.0956. The summed E-state index contributed by atoms with van der Waals surface area (Å²) >= 11 is 3.43. The van der Waals surface area contributed by atoms with Crippen LogP contribution in [0.15, 0.2) is 16.9 Å². The number of likely N-dealkylation sites (N-methyl/N-ethyl adjacent to an activating group) is 1. The lowest BCUT2D eigenvalue weighted by Crippen LogP contribution is -2.33. The largest absolute Gasteiger partial charge is 0.338 e. The number of hydrogen-bond donors (Lipinski definition) is 0. The van der Waals surface area contributed by atoms with Gasteiger partial charge in [0, 0.05) is 19.8 Å². The standard InChI is InChI=1S/C14H19BrN6O3/c1-5-19-7-11(15)12(17-19)8-18(4)14(22)10(3)20-9(2)13(6-16-20)21(23)24/h6-7,10H,5,8H2,1-4H3. The van der Waals surface area contributed by atoms with E-state index in [4.69, 9.17) is 0 Å². The maximum absolute atomic E-state index is 12.6. The molecule has 1 atom stereocenters. The van der Waals surface area contributed by atoms with Crippen LogP contribution in [0.2, 0.25) is 0 Å². The Morgan fingerprint density at radius 3 is 2.71 bits per heavy atom. The van der Waals surface area contributed by atoms with E-state index in [-0.39, 0.29) is 11.6 Å². The van der Waals surface area contributed by atoms with Gasteiger partial charge in [-0.2, -0.15) is 10.2 Å². The smallest absolute Gasteiger partial charge is 0.309 e. The van der Waals surface area contributed by atoms with Gasteiger partial charge in [-0.3, -0.25) is 24.3 Å². The molecule has 130 valence electrons. The van der Waals surface area contributed by atoms with E-state index in [0.29, 0.717) is 12.2 Å². The maximum atomic E-state index is 12.6. The van der Waals surface area contributed by atoms with Gasteiger partial charge in [-0.15, -0.1) is 0 Å². The molecule has 2 heterocycles. The minimum atomic E-state index is -0.643. The third kappa shape index (κ3) is 3.48. The summed E-state index contributed by atoms with van der Waals surface area (Å²) in [6, 6.07) is -0.643. The zero-order chi connectivity index (χ0) is 18.0. The summed E-state index contributed by atoms with van der Waals surface area (Å²) in [6.45, 7) is 6.30. The Hall–Kier alpha value is -2.23. The lowest BCUT2D eigenvalue weighted by molar-refractivity contribution is -0.385. The van der Waals surface area contributed by atoms with E-state index in [1.807, 2.05) is 13.1 Å². The average molecular weight is 399 g/mol. The van der Waals surface area contributed by atoms with Crippen LogP contribution >= 0.6 is 15.9 Å². The number of aryl methyl sites for hydroxylation is 1. The molecule has 2 aromatic heterocycles. The van der Waals surface area contributed by atoms with Crippen molar-refractivity contribution in [2.75, 3.05) is 7.05 Å². The van der Waals surface area contributed by atoms with Crippen LogP contribution in [-0.2, 0) is 17.9 Å². The topological polar surface area (TPSA) is 99.1 Å². The number of nitro groups is 1. The highest BCUT2D eigenvalue weighted by atomic mass is 79.9. The minimum Gasteiger partial charge on any atom is -0.338 e. The van der Waals surface area contributed by atoms with Crippen molar-refractivity contribution in [3.63, 3.8) is 0 Å². The molecule has 0 aliphatic carbocycles. The van der Waals surface area contributed by atoms with Gasteiger partial charge in [0.15, 0.2) is 0 Å². The first-order valence-corrected chi connectivity index (χ1v) is 8.20. The number of carbonyl (C=O) groups is 1. The Balaban J connectivity index is 2.15. The van der Waals surface area contributed by atoms with Gasteiger partial charge in [-0.25, -0.2) is 0 Å². The molecular formula is C14H19BrN6O3. The fourth-order valence-electron chi connectivity index (χ4n) is 2.42. The summed E-state index contributed by atoms with van der Waals surface area (Å²) in [6.07, 6.45) is 3.02. The summed E-state index contributed by atoms with van der Waals surface area (Å²) in [5.74, 6) is -0.200. The average Bonchev–Trinajstić information content (AvgIpc) is 3.09. The van der Waals surface area contributed by atoms with Crippen LogP contribution in [0.3, 0.4) is 0 Å². The van der Waals surface area contributed by atoms with Gasteiger partial charge < -0.3 is 4.90 Å². The van der Waals surface area contributed by atoms with Crippen molar-refractivity contribution >= 4 is 27.5 Å². The highest BCUT2D eigenvalue weighted by Gasteiger charge is 2.26. The van der Waals surface area contributed by atoms with E-state index < -0.39 is 11.0 Å². The Morgan fingerprint density at radius 1 is 1.54 bits per heavy atom. The monoisotopic (exact) mass is 398 g/mol. The third-order valence-corrected chi connectivity index (χ3v) is 4.48. The van der Waals surface area contributed by atoms with E-state index >= 15 is 0 Å². The first-order chi connectivity index (χ1) is 11.3. The Labute approximate surface area is 147 Å². The van der Waals surface area contributed by atoms with Gasteiger partial charge in [0.05, 0.1) is 21.6 Å². The van der Waals surface area contributed by atoms with Crippen molar-refractivity contribution < 1.29 is 9.72 Å². The van der Waals surface area contributed by atoms with Crippen LogP contribution in [0.5, 0.6) is 0 Å². The number of rotatable bonds is 6. The second-order valence-electron chi connectivity index (χ2n) is 5.47. The summed E-state index contributed by atoms with van der Waals surface area (Å²) in [7, 11) is 1.67. The summed E-state index contributed by atoms with van der Waals surface area (Å²) in [5.41, 5.74) is 1.01. The first-order valence-electron chi connectivity index (χ1n) is 7.41. The van der Waals surface area contributed by atoms with Crippen LogP contribution < -0.4 is 0 Å². The molecule has 2 aromatic rings. The SMILES string of the molecule is CCn1cc(Br)c(CN(C)C(=O)C(C)n2ncc([N+](=O)[O-])c2C)n1. The van der Waals surface area contributed by atoms with Crippen molar-refractivity contribution in [1.29, 1.82) is 0 Å². The number of carbonyl (C=O) groups excluding carboxylic acids is 1. The van der Waals surface area contributed by atoms with E-state index in [2.05, 4.69) is 26.1 Å². The molecule has 1 unspecified atom stereocenters. The van der Waals surface area contributed by atoms with Crippen molar-refractivity contribution in [3.05, 3.63) is 38.4 Å². The van der Waals surface area contributed by atoms with Crippen LogP contribution in [0.4, 0.5) is 5.69 Å². The van der Waals surface area contributed by atoms with Crippen LogP contribution in [0.1, 0.15) is 31.3 Å². The fraction of sp³-hybridized carbons (Fsp3) is 0.500. The van der Waals surface area contributed by atoms with Gasteiger partial charge in [0.2, 0.25) is 5.91 Å². The molecule has 0 saturated heterocycles. The molecule has 1 amide bonds. The zero-order valence-electron chi connectivity index (χ0n) is 13.9. The zero-order valence-corrected chi connectivity index (χ0v) is 15.5. The number of amides is 1. The highest BCUT2D eigenvalue weighted by Crippen LogP contribution is 2.22. The van der Waals surface area contributed by atoms with Gasteiger partial charge >= 0.3 is 5.69 Å². The maximum Gasteiger partial charge on any atom is 0.309 e. The van der Waals surface area contributed by atoms with Crippen LogP contribution in [-0.4, -0.2) is 42.3 Å². The molecule has 0 aromatic carbocycles. The van der Waals surface area contributed by atoms with Gasteiger partial charge in [-0.1, -0.05) is 0 Å². The Kier molecular flexibility index (Phi) is 5.37. The number of halogens is 1. The van der Waals surface area contributed by atoms with Crippen molar-refractivity contribution in [2.45, 2.75) is 39.9 Å². The second kappa shape index (κ2) is 7.12. The van der Waals surface area contributed by atoms with E-state index in [9.17, 15) is 14.9 Å². The van der Waals surface area contributed by atoms with Gasteiger partial charge in [0.1, 0.15) is 17.9 Å². The van der Waals surface area contributed by atoms with Crippen molar-refractivity contribution in [2.24, 2.45) is 0 Å². The van der Waals surface area contributed by atoms with Crippen molar-refractivity contribution in [3.8, 4) is 0 Å². The third-order valence-electron chi connectivity index (χ3n) is 3.81. The summed E-state index contributed by atoms with van der Waals surface area (Å²) in [4.78, 5) is 24.6. The predicted octanol–water partition coefficient (Wildman–Crippen LogP) is 2.30. The molecular weight excluding hydrogens is 380 g/mol. The normalized spacial score (nSPS) is 12.2. The number of aromatic nitrogens is 4. The summed E-state index contributed by atoms with van der Waals surface area (Å²) in [5, 5.41) is 19.3. The predicted molar refractivity (Wildman–Crippen MR) is 90.4 cm³/mol. The molecule has 0 aliphatic rings. The summed E-state index contributed by atoms with van der Waals surface area (Å²) < 4.78 is 3.99. The lowest BCUT2D eigenvalue weighted by atomic mass is 10.2. The van der Waals surface area contributed by atoms with E-state index in [1.165, 1.54) is 15.8 Å². The quantitative estimate of drug-likeness (QED) is 0.548. The molecule has 0 saturated carbocycles. The molecule has 10 heteroatoms. The van der Waals surface area contributed by atoms with E-state index in [1.54, 1.807) is 25.6 Å². The molecule has 0 radical (unpaired) electrons. The van der Waals surface area contributed by atoms with Crippen LogP contribution in [0, 0.1) is 17.0 Å². The molecule has 24 heavy (non-hydrogen) atoms. The van der Waals surface area contributed by atoms with Crippen molar-refractivity contribution in [1.82, 2.24) is 24.5 Å². The lowest BCUT2D eigenvalue weighted by Gasteiger charge is -2.21. The molecule has 0 N–H and O–H groups in total. The Morgan fingerprint density at radius 2 is 2.21 bits per heavy atom. The first kappa shape index (κ1) is 18.1. The molecule has 0 fully saturated rings. The highest BCUT2D eigenvalue weighted by molar-refractivity contribution is 9.10. The number of nitrogens with zero attached hydrogens (tertiary/aromatic N) is 6. The van der Waals surface area contributed by atoms with Crippen LogP contribution in [0.25, 0.3) is 0 Å². The van der Waals surface area contributed by atoms with Gasteiger partial charge in [0.25, 0.3) is 0 Å². The fourth-order valence-corrected chi connectivity index (χ4v) is 2.86. The van der Waals surface area contributed by atoms with E-state index in [0.717, 1.165) is 16.7 Å². The van der Waals surface area contributed by atoms with Gasteiger partial charge in [-0.05, 0) is 36.7 Å². The molecule has 0 bridgehead atoms. The molecule has 2 rings (SSSR count). The molecule has 0 aliphatic heterocycles. The number of hydrogen-bond acceptors (Lipinski definition) is 5.